The first-order valence-electron chi connectivity index (χ1n) is 4.60. The number of anilines is 1. The van der Waals surface area contributed by atoms with Crippen molar-refractivity contribution in [2.24, 2.45) is 0 Å². The number of aromatic nitrogens is 4. The highest BCUT2D eigenvalue weighted by molar-refractivity contribution is 9.10. The molecule has 8 heteroatoms. The fourth-order valence-electron chi connectivity index (χ4n) is 1.39. The maximum Gasteiger partial charge on any atom is 0.294 e. The first kappa shape index (κ1) is 11.2. The SMILES string of the molecule is Nc1nc[n+](C[C@H](O)CO)c2nc(Br)[nH]c12. The van der Waals surface area contributed by atoms with Crippen LogP contribution in [-0.2, 0) is 6.54 Å². The largest absolute Gasteiger partial charge is 0.394 e. The van der Waals surface area contributed by atoms with Gasteiger partial charge in [-0.2, -0.15) is 0 Å². The highest BCUT2D eigenvalue weighted by Crippen LogP contribution is 2.15. The number of hydrogen-bond acceptors (Lipinski definition) is 5. The van der Waals surface area contributed by atoms with Crippen LogP contribution in [0.1, 0.15) is 0 Å². The van der Waals surface area contributed by atoms with Gasteiger partial charge in [0.15, 0.2) is 5.52 Å². The zero-order valence-corrected chi connectivity index (χ0v) is 9.85. The summed E-state index contributed by atoms with van der Waals surface area (Å²) in [5, 5.41) is 18.1. The molecule has 16 heavy (non-hydrogen) atoms. The highest BCUT2D eigenvalue weighted by Gasteiger charge is 2.18. The van der Waals surface area contributed by atoms with Crippen LogP contribution in [0.25, 0.3) is 11.2 Å². The van der Waals surface area contributed by atoms with E-state index in [1.807, 2.05) is 0 Å². The van der Waals surface area contributed by atoms with Gasteiger partial charge in [0.2, 0.25) is 12.1 Å². The summed E-state index contributed by atoms with van der Waals surface area (Å²) >= 11 is 3.20. The van der Waals surface area contributed by atoms with Crippen LogP contribution >= 0.6 is 15.9 Å². The number of rotatable bonds is 3. The first-order chi connectivity index (χ1) is 7.61. The van der Waals surface area contributed by atoms with Crippen molar-refractivity contribution in [1.82, 2.24) is 15.0 Å². The van der Waals surface area contributed by atoms with E-state index in [2.05, 4.69) is 30.9 Å². The molecular formula is C8H11BrN5O2+. The average Bonchev–Trinajstić information content (AvgIpc) is 2.65. The van der Waals surface area contributed by atoms with Gasteiger partial charge in [0.1, 0.15) is 6.10 Å². The molecule has 0 aliphatic heterocycles. The van der Waals surface area contributed by atoms with Crippen molar-refractivity contribution in [3.8, 4) is 0 Å². The predicted octanol–water partition coefficient (Wildman–Crippen LogP) is -1.06. The van der Waals surface area contributed by atoms with E-state index in [9.17, 15) is 5.11 Å². The molecule has 86 valence electrons. The predicted molar refractivity (Wildman–Crippen MR) is 59.3 cm³/mol. The summed E-state index contributed by atoms with van der Waals surface area (Å²) < 4.78 is 2.16. The van der Waals surface area contributed by atoms with Crippen molar-refractivity contribution in [3.05, 3.63) is 11.1 Å². The van der Waals surface area contributed by atoms with Crippen molar-refractivity contribution >= 4 is 32.9 Å². The lowest BCUT2D eigenvalue weighted by Gasteiger charge is -2.05. The first-order valence-corrected chi connectivity index (χ1v) is 5.39. The minimum absolute atomic E-state index is 0.206. The van der Waals surface area contributed by atoms with Crippen LogP contribution < -0.4 is 10.3 Å². The lowest BCUT2D eigenvalue weighted by atomic mass is 10.3. The molecule has 0 amide bonds. The van der Waals surface area contributed by atoms with E-state index < -0.39 is 6.10 Å². The van der Waals surface area contributed by atoms with Crippen LogP contribution in [0.4, 0.5) is 5.82 Å². The number of fused-ring (bicyclic) bond motifs is 1. The van der Waals surface area contributed by atoms with Gasteiger partial charge >= 0.3 is 0 Å². The summed E-state index contributed by atoms with van der Waals surface area (Å²) in [5.74, 6) is 0.336. The Labute approximate surface area is 99.1 Å². The second-order valence-electron chi connectivity index (χ2n) is 3.34. The van der Waals surface area contributed by atoms with Crippen LogP contribution in [0.2, 0.25) is 0 Å². The van der Waals surface area contributed by atoms with Gasteiger partial charge in [-0.3, -0.25) is 0 Å². The fourth-order valence-corrected chi connectivity index (χ4v) is 1.76. The number of nitrogens with one attached hydrogen (secondary N) is 1. The third-order valence-electron chi connectivity index (χ3n) is 2.14. The van der Waals surface area contributed by atoms with Crippen LogP contribution in [-0.4, -0.2) is 37.9 Å². The lowest BCUT2D eigenvalue weighted by Crippen LogP contribution is -2.42. The minimum Gasteiger partial charge on any atom is -0.394 e. The van der Waals surface area contributed by atoms with Gasteiger partial charge in [0, 0.05) is 15.9 Å². The Balaban J connectivity index is 2.49. The van der Waals surface area contributed by atoms with E-state index in [1.165, 1.54) is 6.33 Å². The Kier molecular flexibility index (Phi) is 3.03. The number of nitrogen functional groups attached to an aromatic ring is 1. The Morgan fingerprint density at radius 1 is 1.62 bits per heavy atom. The number of nitrogens with two attached hydrogens (primary N) is 1. The maximum atomic E-state index is 9.37. The summed E-state index contributed by atoms with van der Waals surface area (Å²) in [6.07, 6.45) is 0.623. The molecule has 0 aliphatic rings. The molecule has 2 aromatic rings. The molecule has 1 atom stereocenters. The van der Waals surface area contributed by atoms with Crippen molar-refractivity contribution in [3.63, 3.8) is 0 Å². The van der Waals surface area contributed by atoms with Gasteiger partial charge in [0.25, 0.3) is 10.4 Å². The van der Waals surface area contributed by atoms with Gasteiger partial charge < -0.3 is 20.9 Å². The van der Waals surface area contributed by atoms with E-state index in [0.717, 1.165) is 0 Å². The fraction of sp³-hybridized carbons (Fsp3) is 0.375. The quantitative estimate of drug-likeness (QED) is 0.425. The molecule has 2 aromatic heterocycles. The van der Waals surface area contributed by atoms with Crippen LogP contribution in [0.5, 0.6) is 0 Å². The third kappa shape index (κ3) is 1.99. The van der Waals surface area contributed by atoms with E-state index in [-0.39, 0.29) is 13.2 Å². The molecule has 0 unspecified atom stereocenters. The number of aromatic amines is 1. The number of hydrogen-bond donors (Lipinski definition) is 4. The number of nitrogens with zero attached hydrogens (tertiary/aromatic N) is 3. The van der Waals surface area contributed by atoms with E-state index in [4.69, 9.17) is 10.8 Å². The van der Waals surface area contributed by atoms with Gasteiger partial charge in [0.05, 0.1) is 13.2 Å². The molecule has 0 aromatic carbocycles. The Morgan fingerprint density at radius 3 is 3.06 bits per heavy atom. The summed E-state index contributed by atoms with van der Waals surface area (Å²) in [7, 11) is 0. The maximum absolute atomic E-state index is 9.37. The molecule has 0 radical (unpaired) electrons. The van der Waals surface area contributed by atoms with E-state index in [1.54, 1.807) is 4.57 Å². The zero-order chi connectivity index (χ0) is 11.7. The Bertz CT molecular complexity index is 514. The molecule has 0 saturated carbocycles. The Hall–Kier alpha value is -1.25. The summed E-state index contributed by atoms with van der Waals surface area (Å²) in [6, 6.07) is 0. The minimum atomic E-state index is -0.853. The van der Waals surface area contributed by atoms with Crippen molar-refractivity contribution in [2.75, 3.05) is 12.3 Å². The molecule has 0 saturated heterocycles. The highest BCUT2D eigenvalue weighted by atomic mass is 79.9. The normalized spacial score (nSPS) is 13.2. The topological polar surface area (TPSA) is 112 Å². The average molecular weight is 289 g/mol. The molecule has 7 nitrogen and oxygen atoms in total. The second kappa shape index (κ2) is 4.32. The number of imidazole rings is 1. The van der Waals surface area contributed by atoms with Crippen LogP contribution in [0, 0.1) is 0 Å². The molecule has 0 bridgehead atoms. The number of halogens is 1. The molecule has 0 fully saturated rings. The lowest BCUT2D eigenvalue weighted by molar-refractivity contribution is -0.683. The van der Waals surface area contributed by atoms with E-state index in [0.29, 0.717) is 21.7 Å². The van der Waals surface area contributed by atoms with Crippen LogP contribution in [0.3, 0.4) is 0 Å². The summed E-state index contributed by atoms with van der Waals surface area (Å²) in [5.41, 5.74) is 6.85. The van der Waals surface area contributed by atoms with Gasteiger partial charge in [-0.15, -0.1) is 0 Å². The smallest absolute Gasteiger partial charge is 0.294 e. The monoisotopic (exact) mass is 288 g/mol. The molecular weight excluding hydrogens is 278 g/mol. The third-order valence-corrected chi connectivity index (χ3v) is 2.51. The number of H-pyrrole nitrogens is 1. The Morgan fingerprint density at radius 2 is 2.38 bits per heavy atom. The zero-order valence-electron chi connectivity index (χ0n) is 8.26. The van der Waals surface area contributed by atoms with Gasteiger partial charge in [-0.25, -0.2) is 4.57 Å². The second-order valence-corrected chi connectivity index (χ2v) is 4.10. The van der Waals surface area contributed by atoms with Crippen LogP contribution in [0.15, 0.2) is 11.1 Å². The molecule has 5 N–H and O–H groups in total. The van der Waals surface area contributed by atoms with Crippen molar-refractivity contribution in [2.45, 2.75) is 12.6 Å². The number of aliphatic hydroxyl groups excluding tert-OH is 2. The standard InChI is InChI=1S/C8H10BrN5O2/c9-8-12-5-6(10)11-3-14(7(5)13-8)1-4(16)2-15/h3-4,15-16H,1-2H2,(H2,10,12,13)/p+1/t4-/m0/s1. The summed E-state index contributed by atoms with van der Waals surface area (Å²) in [6.45, 7) is -0.109. The molecule has 0 aliphatic carbocycles. The summed E-state index contributed by atoms with van der Waals surface area (Å²) in [4.78, 5) is 11.0. The van der Waals surface area contributed by atoms with Gasteiger partial charge in [-0.05, 0) is 0 Å². The molecule has 0 spiro atoms. The van der Waals surface area contributed by atoms with Crippen molar-refractivity contribution in [1.29, 1.82) is 0 Å². The van der Waals surface area contributed by atoms with E-state index >= 15 is 0 Å². The molecule has 2 rings (SSSR count). The van der Waals surface area contributed by atoms with Crippen molar-refractivity contribution < 1.29 is 14.8 Å². The molecule has 2 heterocycles. The number of aliphatic hydroxyl groups is 2. The van der Waals surface area contributed by atoms with Gasteiger partial charge in [-0.1, -0.05) is 9.97 Å².